The highest BCUT2D eigenvalue weighted by atomic mass is 16.5. The van der Waals surface area contributed by atoms with Crippen molar-refractivity contribution in [3.8, 4) is 16.9 Å². The van der Waals surface area contributed by atoms with Crippen LogP contribution in [0.4, 0.5) is 10.6 Å². The first-order valence-electron chi connectivity index (χ1n) is 9.37. The summed E-state index contributed by atoms with van der Waals surface area (Å²) in [4.78, 5) is 21.1. The van der Waals surface area contributed by atoms with Crippen LogP contribution in [0.1, 0.15) is 18.1 Å². The maximum atomic E-state index is 12.9. The largest absolute Gasteiger partial charge is 0.497 e. The van der Waals surface area contributed by atoms with Crippen molar-refractivity contribution in [2.45, 2.75) is 19.9 Å². The van der Waals surface area contributed by atoms with Gasteiger partial charge in [-0.25, -0.2) is 9.78 Å². The quantitative estimate of drug-likeness (QED) is 0.714. The lowest BCUT2D eigenvalue weighted by molar-refractivity contribution is 0.218. The summed E-state index contributed by atoms with van der Waals surface area (Å²) < 4.78 is 5.27. The Hall–Kier alpha value is -3.35. The first-order chi connectivity index (χ1) is 13.7. The summed E-state index contributed by atoms with van der Waals surface area (Å²) in [6, 6.07) is 9.80. The van der Waals surface area contributed by atoms with E-state index in [2.05, 4.69) is 22.1 Å². The zero-order valence-electron chi connectivity index (χ0n) is 16.1. The fourth-order valence-electron chi connectivity index (χ4n) is 3.52. The Morgan fingerprint density at radius 3 is 2.86 bits per heavy atom. The van der Waals surface area contributed by atoms with Crippen molar-refractivity contribution in [2.75, 3.05) is 25.1 Å². The number of amides is 2. The van der Waals surface area contributed by atoms with Crippen LogP contribution in [0.5, 0.6) is 5.75 Å². The SMILES string of the molecule is CCc1cc(N2CCN(Cc3cccc(OC)c3)C2=O)ncc1-c1cn[nH]c1. The Kier molecular flexibility index (Phi) is 4.97. The fraction of sp³-hybridized carbons (Fsp3) is 0.286. The molecule has 3 heterocycles. The van der Waals surface area contributed by atoms with Gasteiger partial charge in [0.25, 0.3) is 0 Å². The lowest BCUT2D eigenvalue weighted by Crippen LogP contribution is -2.32. The number of H-pyrrole nitrogens is 1. The van der Waals surface area contributed by atoms with Crippen molar-refractivity contribution in [1.82, 2.24) is 20.1 Å². The van der Waals surface area contributed by atoms with Gasteiger partial charge in [-0.05, 0) is 35.7 Å². The second-order valence-electron chi connectivity index (χ2n) is 6.75. The minimum absolute atomic E-state index is 0.0200. The maximum absolute atomic E-state index is 12.9. The number of urea groups is 1. The zero-order chi connectivity index (χ0) is 19.5. The van der Waals surface area contributed by atoms with Crippen LogP contribution in [0.15, 0.2) is 48.9 Å². The van der Waals surface area contributed by atoms with Gasteiger partial charge in [0, 0.05) is 43.2 Å². The molecule has 1 aromatic carbocycles. The number of pyridine rings is 1. The van der Waals surface area contributed by atoms with Gasteiger partial charge in [-0.1, -0.05) is 19.1 Å². The molecule has 1 aliphatic heterocycles. The number of aryl methyl sites for hydroxylation is 1. The normalized spacial score (nSPS) is 14.0. The van der Waals surface area contributed by atoms with Gasteiger partial charge in [0.05, 0.1) is 13.3 Å². The van der Waals surface area contributed by atoms with Gasteiger partial charge in [-0.3, -0.25) is 10.00 Å². The number of aromatic nitrogens is 3. The van der Waals surface area contributed by atoms with Crippen LogP contribution in [-0.4, -0.2) is 46.3 Å². The van der Waals surface area contributed by atoms with Crippen molar-refractivity contribution in [2.24, 2.45) is 0 Å². The Morgan fingerprint density at radius 1 is 1.21 bits per heavy atom. The number of methoxy groups -OCH3 is 1. The lowest BCUT2D eigenvalue weighted by atomic mass is 10.0. The van der Waals surface area contributed by atoms with Crippen LogP contribution in [0.2, 0.25) is 0 Å². The zero-order valence-corrected chi connectivity index (χ0v) is 16.1. The fourth-order valence-corrected chi connectivity index (χ4v) is 3.52. The van der Waals surface area contributed by atoms with E-state index in [-0.39, 0.29) is 6.03 Å². The van der Waals surface area contributed by atoms with Crippen LogP contribution in [-0.2, 0) is 13.0 Å². The third kappa shape index (κ3) is 3.43. The smallest absolute Gasteiger partial charge is 0.326 e. The van der Waals surface area contributed by atoms with Gasteiger partial charge < -0.3 is 9.64 Å². The molecule has 0 saturated carbocycles. The summed E-state index contributed by atoms with van der Waals surface area (Å²) in [5.74, 6) is 1.49. The van der Waals surface area contributed by atoms with Gasteiger partial charge in [0.1, 0.15) is 11.6 Å². The molecule has 28 heavy (non-hydrogen) atoms. The summed E-state index contributed by atoms with van der Waals surface area (Å²) in [6.45, 7) is 3.95. The molecular weight excluding hydrogens is 354 g/mol. The summed E-state index contributed by atoms with van der Waals surface area (Å²) >= 11 is 0. The monoisotopic (exact) mass is 377 g/mol. The number of hydrogen-bond acceptors (Lipinski definition) is 4. The van der Waals surface area contributed by atoms with Crippen LogP contribution in [0, 0.1) is 0 Å². The number of hydrogen-bond donors (Lipinski definition) is 1. The number of anilines is 1. The molecule has 7 heteroatoms. The minimum atomic E-state index is -0.0200. The third-order valence-electron chi connectivity index (χ3n) is 5.04. The molecular formula is C21H23N5O2. The minimum Gasteiger partial charge on any atom is -0.497 e. The van der Waals surface area contributed by atoms with Crippen molar-refractivity contribution in [3.05, 3.63) is 60.0 Å². The molecule has 0 bridgehead atoms. The molecule has 2 amide bonds. The van der Waals surface area contributed by atoms with E-state index < -0.39 is 0 Å². The van der Waals surface area contributed by atoms with E-state index in [1.54, 1.807) is 18.2 Å². The average molecular weight is 377 g/mol. The van der Waals surface area contributed by atoms with E-state index in [1.165, 1.54) is 0 Å². The highest BCUT2D eigenvalue weighted by Crippen LogP contribution is 2.28. The van der Waals surface area contributed by atoms with E-state index in [4.69, 9.17) is 4.74 Å². The van der Waals surface area contributed by atoms with Gasteiger partial charge in [0.2, 0.25) is 0 Å². The Balaban J connectivity index is 1.53. The van der Waals surface area contributed by atoms with Crippen molar-refractivity contribution in [1.29, 1.82) is 0 Å². The highest BCUT2D eigenvalue weighted by molar-refractivity contribution is 5.93. The molecule has 3 aromatic rings. The summed E-state index contributed by atoms with van der Waals surface area (Å²) in [7, 11) is 1.64. The molecule has 1 N–H and O–H groups in total. The lowest BCUT2D eigenvalue weighted by Gasteiger charge is -2.19. The number of carbonyl (C=O) groups excluding carboxylic acids is 1. The van der Waals surface area contributed by atoms with Gasteiger partial charge >= 0.3 is 6.03 Å². The molecule has 0 atom stereocenters. The number of aromatic amines is 1. The Bertz CT molecular complexity index is 971. The second kappa shape index (κ2) is 7.72. The number of ether oxygens (including phenoxy) is 1. The molecule has 1 fully saturated rings. The van der Waals surface area contributed by atoms with E-state index >= 15 is 0 Å². The van der Waals surface area contributed by atoms with Gasteiger partial charge in [-0.2, -0.15) is 5.10 Å². The molecule has 1 saturated heterocycles. The standard InChI is InChI=1S/C21H23N5O2/c1-3-16-10-20(22-13-19(16)17-11-23-24-12-17)26-8-7-25(21(26)27)14-15-5-4-6-18(9-15)28-2/h4-6,9-13H,3,7-8,14H2,1-2H3,(H,23,24). The van der Waals surface area contributed by atoms with Gasteiger partial charge in [0.15, 0.2) is 0 Å². The third-order valence-corrected chi connectivity index (χ3v) is 5.04. The maximum Gasteiger partial charge on any atom is 0.326 e. The number of carbonyl (C=O) groups is 1. The molecule has 0 spiro atoms. The topological polar surface area (TPSA) is 74.3 Å². The van der Waals surface area contributed by atoms with Crippen molar-refractivity contribution < 1.29 is 9.53 Å². The van der Waals surface area contributed by atoms with Crippen molar-refractivity contribution >= 4 is 11.8 Å². The summed E-state index contributed by atoms with van der Waals surface area (Å²) in [5.41, 5.74) is 4.24. The molecule has 0 radical (unpaired) electrons. The molecule has 2 aromatic heterocycles. The predicted octanol–water partition coefficient (Wildman–Crippen LogP) is 3.48. The molecule has 4 rings (SSSR count). The van der Waals surface area contributed by atoms with Crippen LogP contribution >= 0.6 is 0 Å². The Labute approximate surface area is 164 Å². The van der Waals surface area contributed by atoms with Gasteiger partial charge in [-0.15, -0.1) is 0 Å². The van der Waals surface area contributed by atoms with Crippen LogP contribution in [0.3, 0.4) is 0 Å². The highest BCUT2D eigenvalue weighted by Gasteiger charge is 2.30. The van der Waals surface area contributed by atoms with E-state index in [1.807, 2.05) is 47.6 Å². The van der Waals surface area contributed by atoms with Crippen molar-refractivity contribution in [3.63, 3.8) is 0 Å². The van der Waals surface area contributed by atoms with E-state index in [9.17, 15) is 4.79 Å². The number of nitrogens with zero attached hydrogens (tertiary/aromatic N) is 4. The van der Waals surface area contributed by atoms with Crippen LogP contribution < -0.4 is 9.64 Å². The molecule has 7 nitrogen and oxygen atoms in total. The summed E-state index contributed by atoms with van der Waals surface area (Å²) in [6.07, 6.45) is 6.32. The van der Waals surface area contributed by atoms with Crippen LogP contribution in [0.25, 0.3) is 11.1 Å². The predicted molar refractivity (Wildman–Crippen MR) is 107 cm³/mol. The molecule has 144 valence electrons. The van der Waals surface area contributed by atoms with E-state index in [0.29, 0.717) is 25.5 Å². The number of nitrogens with one attached hydrogen (secondary N) is 1. The Morgan fingerprint density at radius 2 is 2.11 bits per heavy atom. The first kappa shape index (κ1) is 18.0. The molecule has 0 unspecified atom stereocenters. The first-order valence-corrected chi connectivity index (χ1v) is 9.37. The molecule has 1 aliphatic rings. The number of rotatable bonds is 6. The number of benzene rings is 1. The summed E-state index contributed by atoms with van der Waals surface area (Å²) in [5, 5.41) is 6.85. The molecule has 0 aliphatic carbocycles. The second-order valence-corrected chi connectivity index (χ2v) is 6.75. The van der Waals surface area contributed by atoms with E-state index in [0.717, 1.165) is 34.4 Å². The average Bonchev–Trinajstić information content (AvgIpc) is 3.38.